The molecule has 0 radical (unpaired) electrons. The number of carbonyl (C=O) groups is 1. The molecule has 0 saturated carbocycles. The monoisotopic (exact) mass is 348 g/mol. The lowest BCUT2D eigenvalue weighted by atomic mass is 10.2. The maximum absolute atomic E-state index is 12.7. The number of hydrogen-bond acceptors (Lipinski definition) is 5. The van der Waals surface area contributed by atoms with Crippen molar-refractivity contribution >= 4 is 22.4 Å². The zero-order valence-electron chi connectivity index (χ0n) is 12.8. The van der Waals surface area contributed by atoms with Gasteiger partial charge < -0.3 is 14.7 Å². The Morgan fingerprint density at radius 2 is 1.96 bits per heavy atom. The average molecular weight is 348 g/mol. The molecule has 1 atom stereocenters. The van der Waals surface area contributed by atoms with Crippen molar-refractivity contribution in [2.45, 2.75) is 25.1 Å². The summed E-state index contributed by atoms with van der Waals surface area (Å²) in [6.07, 6.45) is -2.97. The molecule has 1 amide bonds. The van der Waals surface area contributed by atoms with E-state index in [4.69, 9.17) is 0 Å². The van der Waals surface area contributed by atoms with E-state index in [1.807, 2.05) is 11.9 Å². The second-order valence-electron chi connectivity index (χ2n) is 5.99. The summed E-state index contributed by atoms with van der Waals surface area (Å²) in [5.74, 6) is 0.0133. The molecule has 5 nitrogen and oxygen atoms in total. The molecule has 9 heteroatoms. The fourth-order valence-electron chi connectivity index (χ4n) is 3.02. The van der Waals surface area contributed by atoms with E-state index >= 15 is 0 Å². The van der Waals surface area contributed by atoms with Crippen molar-refractivity contribution in [2.24, 2.45) is 0 Å². The number of carbonyl (C=O) groups excluding carboxylic acids is 1. The van der Waals surface area contributed by atoms with Crippen LogP contribution in [-0.4, -0.2) is 66.5 Å². The maximum atomic E-state index is 12.7. The molecule has 2 aliphatic heterocycles. The summed E-state index contributed by atoms with van der Waals surface area (Å²) in [5.41, 5.74) is -0.879. The molecule has 0 N–H and O–H groups in total. The summed E-state index contributed by atoms with van der Waals surface area (Å²) in [6.45, 7) is 3.58. The van der Waals surface area contributed by atoms with E-state index < -0.39 is 11.9 Å². The number of alkyl halides is 3. The van der Waals surface area contributed by atoms with E-state index in [-0.39, 0.29) is 11.9 Å². The Bertz CT molecular complexity index is 569. The normalized spacial score (nSPS) is 23.6. The number of hydrogen-bond donors (Lipinski definition) is 0. The fourth-order valence-corrected chi connectivity index (χ4v) is 3.92. The second kappa shape index (κ2) is 6.27. The number of likely N-dealkylation sites (N-methyl/N-ethyl adjacent to an activating group) is 1. The third kappa shape index (κ3) is 3.45. The number of nitrogens with zero attached hydrogens (tertiary/aromatic N) is 4. The summed E-state index contributed by atoms with van der Waals surface area (Å²) in [6, 6.07) is -0.384. The van der Waals surface area contributed by atoms with Gasteiger partial charge in [-0.25, -0.2) is 4.98 Å². The van der Waals surface area contributed by atoms with Gasteiger partial charge in [0.2, 0.25) is 5.91 Å². The van der Waals surface area contributed by atoms with Crippen molar-refractivity contribution in [3.05, 3.63) is 11.1 Å². The Kier molecular flexibility index (Phi) is 4.50. The molecule has 1 aromatic rings. The van der Waals surface area contributed by atoms with Crippen molar-refractivity contribution < 1.29 is 18.0 Å². The quantitative estimate of drug-likeness (QED) is 0.819. The van der Waals surface area contributed by atoms with Crippen LogP contribution in [0, 0.1) is 0 Å². The third-order valence-corrected chi connectivity index (χ3v) is 5.26. The van der Waals surface area contributed by atoms with Gasteiger partial charge in [-0.2, -0.15) is 13.2 Å². The Morgan fingerprint density at radius 3 is 2.57 bits per heavy atom. The first kappa shape index (κ1) is 16.5. The second-order valence-corrected chi connectivity index (χ2v) is 6.83. The van der Waals surface area contributed by atoms with Crippen LogP contribution in [0.25, 0.3) is 0 Å². The lowest BCUT2D eigenvalue weighted by molar-refractivity contribution is -0.140. The Morgan fingerprint density at radius 1 is 1.26 bits per heavy atom. The Hall–Kier alpha value is -1.35. The van der Waals surface area contributed by atoms with Crippen LogP contribution in [0.5, 0.6) is 0 Å². The summed E-state index contributed by atoms with van der Waals surface area (Å²) in [5, 5.41) is 1.31. The standard InChI is InChI=1S/C14H19F3N4OS/c1-19-5-7-20(8-6-19)12(22)10-3-2-4-21(10)13-18-11(9-23-13)14(15,16)17/h9-10H,2-8H2,1H3. The minimum atomic E-state index is -4.44. The zero-order chi connectivity index (χ0) is 16.6. The van der Waals surface area contributed by atoms with Crippen molar-refractivity contribution in [1.29, 1.82) is 0 Å². The summed E-state index contributed by atoms with van der Waals surface area (Å²) in [7, 11) is 2.01. The molecule has 3 heterocycles. The van der Waals surface area contributed by atoms with Gasteiger partial charge in [0.05, 0.1) is 0 Å². The number of anilines is 1. The highest BCUT2D eigenvalue weighted by Crippen LogP contribution is 2.35. The first-order valence-electron chi connectivity index (χ1n) is 7.63. The predicted molar refractivity (Wildman–Crippen MR) is 81.6 cm³/mol. The van der Waals surface area contributed by atoms with Gasteiger partial charge in [0.15, 0.2) is 10.8 Å². The Labute approximate surface area is 136 Å². The molecule has 3 rings (SSSR count). The third-order valence-electron chi connectivity index (χ3n) is 4.38. The van der Waals surface area contributed by atoms with Crippen LogP contribution in [0.15, 0.2) is 5.38 Å². The van der Waals surface area contributed by atoms with Crippen LogP contribution in [-0.2, 0) is 11.0 Å². The lowest BCUT2D eigenvalue weighted by Crippen LogP contribution is -2.53. The van der Waals surface area contributed by atoms with Crippen molar-refractivity contribution in [1.82, 2.24) is 14.8 Å². The van der Waals surface area contributed by atoms with E-state index in [1.165, 1.54) is 0 Å². The Balaban J connectivity index is 1.72. The zero-order valence-corrected chi connectivity index (χ0v) is 13.7. The van der Waals surface area contributed by atoms with Crippen molar-refractivity contribution in [3.8, 4) is 0 Å². The molecule has 23 heavy (non-hydrogen) atoms. The molecular weight excluding hydrogens is 329 g/mol. The molecule has 2 fully saturated rings. The molecule has 0 spiro atoms. The minimum absolute atomic E-state index is 0.0133. The number of rotatable bonds is 2. The van der Waals surface area contributed by atoms with E-state index in [0.717, 1.165) is 36.2 Å². The molecule has 2 aliphatic rings. The molecule has 0 aliphatic carbocycles. The van der Waals surface area contributed by atoms with E-state index in [9.17, 15) is 18.0 Å². The molecule has 1 unspecified atom stereocenters. The highest BCUT2D eigenvalue weighted by Gasteiger charge is 2.38. The van der Waals surface area contributed by atoms with E-state index in [2.05, 4.69) is 9.88 Å². The number of aromatic nitrogens is 1. The van der Waals surface area contributed by atoms with Crippen molar-refractivity contribution in [3.63, 3.8) is 0 Å². The highest BCUT2D eigenvalue weighted by atomic mass is 32.1. The minimum Gasteiger partial charge on any atom is -0.338 e. The fraction of sp³-hybridized carbons (Fsp3) is 0.714. The van der Waals surface area contributed by atoms with Gasteiger partial charge >= 0.3 is 6.18 Å². The van der Waals surface area contributed by atoms with Crippen molar-refractivity contribution in [2.75, 3.05) is 44.7 Å². The SMILES string of the molecule is CN1CCN(C(=O)C2CCCN2c2nc(C(F)(F)F)cs2)CC1. The highest BCUT2D eigenvalue weighted by molar-refractivity contribution is 7.13. The number of thiazole rings is 1. The lowest BCUT2D eigenvalue weighted by Gasteiger charge is -2.35. The van der Waals surface area contributed by atoms with Crippen LogP contribution < -0.4 is 4.90 Å². The average Bonchev–Trinajstić information content (AvgIpc) is 3.15. The first-order chi connectivity index (χ1) is 10.9. The van der Waals surface area contributed by atoms with Crippen LogP contribution in [0.4, 0.5) is 18.3 Å². The van der Waals surface area contributed by atoms with Gasteiger partial charge in [-0.3, -0.25) is 4.79 Å². The summed E-state index contributed by atoms with van der Waals surface area (Å²) < 4.78 is 38.2. The first-order valence-corrected chi connectivity index (χ1v) is 8.51. The van der Waals surface area contributed by atoms with Crippen LogP contribution in [0.3, 0.4) is 0 Å². The van der Waals surface area contributed by atoms with Gasteiger partial charge in [0.1, 0.15) is 6.04 Å². The molecule has 128 valence electrons. The van der Waals surface area contributed by atoms with Gasteiger partial charge in [-0.05, 0) is 19.9 Å². The van der Waals surface area contributed by atoms with Gasteiger partial charge in [0, 0.05) is 38.1 Å². The topological polar surface area (TPSA) is 39.7 Å². The predicted octanol–water partition coefficient (Wildman–Crippen LogP) is 1.90. The smallest absolute Gasteiger partial charge is 0.338 e. The van der Waals surface area contributed by atoms with E-state index in [0.29, 0.717) is 31.2 Å². The number of amides is 1. The molecule has 1 aromatic heterocycles. The van der Waals surface area contributed by atoms with Gasteiger partial charge in [-0.1, -0.05) is 0 Å². The summed E-state index contributed by atoms with van der Waals surface area (Å²) >= 11 is 0.958. The van der Waals surface area contributed by atoms with Gasteiger partial charge in [0.25, 0.3) is 0 Å². The van der Waals surface area contributed by atoms with Crippen LogP contribution in [0.2, 0.25) is 0 Å². The molecule has 2 saturated heterocycles. The largest absolute Gasteiger partial charge is 0.434 e. The molecular formula is C14H19F3N4OS. The molecule has 0 bridgehead atoms. The number of halogens is 3. The maximum Gasteiger partial charge on any atom is 0.434 e. The van der Waals surface area contributed by atoms with Crippen LogP contribution in [0.1, 0.15) is 18.5 Å². The molecule has 0 aromatic carbocycles. The number of piperazine rings is 1. The van der Waals surface area contributed by atoms with Gasteiger partial charge in [-0.15, -0.1) is 11.3 Å². The summed E-state index contributed by atoms with van der Waals surface area (Å²) in [4.78, 5) is 22.1. The van der Waals surface area contributed by atoms with Crippen LogP contribution >= 0.6 is 11.3 Å². The van der Waals surface area contributed by atoms with E-state index in [1.54, 1.807) is 4.90 Å².